The Morgan fingerprint density at radius 1 is 1.41 bits per heavy atom. The maximum Gasteiger partial charge on any atom is 0.0401 e. The standard InChI is InChI=1S/C13H14BrNS2/c1-9-12(5-6-16-9)13(15)8-17-11-4-2-3-10(14)7-11/h2-7,13H,8,15H2,1H3. The second-order valence-corrected chi connectivity index (χ2v) is 6.94. The molecule has 0 radical (unpaired) electrons. The second-order valence-electron chi connectivity index (χ2n) is 3.81. The summed E-state index contributed by atoms with van der Waals surface area (Å²) in [4.78, 5) is 2.58. The number of nitrogens with two attached hydrogens (primary N) is 1. The highest BCUT2D eigenvalue weighted by Crippen LogP contribution is 2.28. The third-order valence-electron chi connectivity index (χ3n) is 2.52. The molecule has 0 fully saturated rings. The number of hydrogen-bond donors (Lipinski definition) is 1. The molecule has 0 spiro atoms. The van der Waals surface area contributed by atoms with Crippen molar-refractivity contribution in [2.45, 2.75) is 17.9 Å². The van der Waals surface area contributed by atoms with Crippen LogP contribution in [0.5, 0.6) is 0 Å². The van der Waals surface area contributed by atoms with E-state index in [0.717, 1.165) is 10.2 Å². The molecule has 2 aromatic rings. The number of thioether (sulfide) groups is 1. The molecule has 1 aromatic carbocycles. The van der Waals surface area contributed by atoms with Gasteiger partial charge in [-0.25, -0.2) is 0 Å². The zero-order chi connectivity index (χ0) is 12.3. The quantitative estimate of drug-likeness (QED) is 0.830. The number of thiophene rings is 1. The molecule has 2 N–H and O–H groups in total. The summed E-state index contributed by atoms with van der Waals surface area (Å²) in [6.45, 7) is 2.13. The Balaban J connectivity index is 1.97. The molecule has 1 unspecified atom stereocenters. The Morgan fingerprint density at radius 2 is 2.24 bits per heavy atom. The first-order valence-corrected chi connectivity index (χ1v) is 8.00. The Labute approximate surface area is 119 Å². The van der Waals surface area contributed by atoms with Crippen molar-refractivity contribution in [1.29, 1.82) is 0 Å². The van der Waals surface area contributed by atoms with Gasteiger partial charge in [-0.3, -0.25) is 0 Å². The molecule has 1 atom stereocenters. The fourth-order valence-electron chi connectivity index (χ4n) is 1.61. The summed E-state index contributed by atoms with van der Waals surface area (Å²) in [6, 6.07) is 10.6. The summed E-state index contributed by atoms with van der Waals surface area (Å²) in [5, 5.41) is 2.11. The average Bonchev–Trinajstić information content (AvgIpc) is 2.72. The van der Waals surface area contributed by atoms with Crippen molar-refractivity contribution in [3.05, 3.63) is 50.6 Å². The van der Waals surface area contributed by atoms with Crippen LogP contribution in [0.1, 0.15) is 16.5 Å². The van der Waals surface area contributed by atoms with E-state index in [-0.39, 0.29) is 6.04 Å². The van der Waals surface area contributed by atoms with Gasteiger partial charge in [0.2, 0.25) is 0 Å². The SMILES string of the molecule is Cc1sccc1C(N)CSc1cccc(Br)c1. The molecule has 0 saturated carbocycles. The third-order valence-corrected chi connectivity index (χ3v) is 4.99. The van der Waals surface area contributed by atoms with Crippen LogP contribution < -0.4 is 5.73 Å². The second kappa shape index (κ2) is 6.05. The lowest BCUT2D eigenvalue weighted by atomic mass is 10.1. The van der Waals surface area contributed by atoms with Gasteiger partial charge in [0.25, 0.3) is 0 Å². The summed E-state index contributed by atoms with van der Waals surface area (Å²) < 4.78 is 1.11. The third kappa shape index (κ3) is 3.58. The molecule has 0 aliphatic rings. The molecular weight excluding hydrogens is 314 g/mol. The molecular formula is C13H14BrNS2. The minimum absolute atomic E-state index is 0.116. The maximum atomic E-state index is 6.20. The van der Waals surface area contributed by atoms with Crippen LogP contribution in [0.2, 0.25) is 0 Å². The van der Waals surface area contributed by atoms with Crippen molar-refractivity contribution in [2.24, 2.45) is 5.73 Å². The van der Waals surface area contributed by atoms with Gasteiger partial charge in [-0.2, -0.15) is 0 Å². The van der Waals surface area contributed by atoms with Crippen molar-refractivity contribution in [1.82, 2.24) is 0 Å². The highest BCUT2D eigenvalue weighted by atomic mass is 79.9. The maximum absolute atomic E-state index is 6.20. The van der Waals surface area contributed by atoms with Gasteiger partial charge >= 0.3 is 0 Å². The lowest BCUT2D eigenvalue weighted by Crippen LogP contribution is -2.12. The van der Waals surface area contributed by atoms with E-state index in [0.29, 0.717) is 0 Å². The molecule has 2 rings (SSSR count). The molecule has 0 aliphatic heterocycles. The van der Waals surface area contributed by atoms with Gasteiger partial charge in [0.05, 0.1) is 0 Å². The number of rotatable bonds is 4. The molecule has 0 amide bonds. The molecule has 1 heterocycles. The predicted molar refractivity (Wildman–Crippen MR) is 80.9 cm³/mol. The highest BCUT2D eigenvalue weighted by Gasteiger charge is 2.10. The van der Waals surface area contributed by atoms with Crippen LogP contribution >= 0.6 is 39.0 Å². The van der Waals surface area contributed by atoms with E-state index in [1.807, 2.05) is 12.1 Å². The Bertz CT molecular complexity index is 496. The van der Waals surface area contributed by atoms with Gasteiger partial charge in [-0.1, -0.05) is 22.0 Å². The normalized spacial score (nSPS) is 12.6. The fraction of sp³-hybridized carbons (Fsp3) is 0.231. The zero-order valence-corrected chi connectivity index (χ0v) is 12.7. The van der Waals surface area contributed by atoms with E-state index < -0.39 is 0 Å². The Kier molecular flexibility index (Phi) is 4.68. The number of hydrogen-bond acceptors (Lipinski definition) is 3. The Hall–Kier alpha value is -0.290. The molecule has 0 aliphatic carbocycles. The summed E-state index contributed by atoms with van der Waals surface area (Å²) in [7, 11) is 0. The largest absolute Gasteiger partial charge is 0.323 e. The summed E-state index contributed by atoms with van der Waals surface area (Å²) in [5.41, 5.74) is 7.48. The van der Waals surface area contributed by atoms with E-state index in [2.05, 4.69) is 46.4 Å². The molecule has 4 heteroatoms. The first kappa shape index (κ1) is 13.1. The fourth-order valence-corrected chi connectivity index (χ4v) is 3.87. The van der Waals surface area contributed by atoms with Crippen molar-refractivity contribution in [2.75, 3.05) is 5.75 Å². The van der Waals surface area contributed by atoms with Crippen LogP contribution in [-0.4, -0.2) is 5.75 Å². The minimum atomic E-state index is 0.116. The Morgan fingerprint density at radius 3 is 2.88 bits per heavy atom. The van der Waals surface area contributed by atoms with Crippen LogP contribution in [0.4, 0.5) is 0 Å². The first-order valence-electron chi connectivity index (χ1n) is 5.35. The van der Waals surface area contributed by atoms with Gasteiger partial charge in [-0.15, -0.1) is 23.1 Å². The summed E-state index contributed by atoms with van der Waals surface area (Å²) in [6.07, 6.45) is 0. The topological polar surface area (TPSA) is 26.0 Å². The van der Waals surface area contributed by atoms with E-state index in [4.69, 9.17) is 5.73 Å². The molecule has 17 heavy (non-hydrogen) atoms. The number of aryl methyl sites for hydroxylation is 1. The van der Waals surface area contributed by atoms with Crippen molar-refractivity contribution in [3.63, 3.8) is 0 Å². The van der Waals surface area contributed by atoms with E-state index >= 15 is 0 Å². The van der Waals surface area contributed by atoms with Crippen molar-refractivity contribution in [3.8, 4) is 0 Å². The molecule has 0 saturated heterocycles. The molecule has 0 bridgehead atoms. The van der Waals surface area contributed by atoms with Crippen molar-refractivity contribution < 1.29 is 0 Å². The van der Waals surface area contributed by atoms with Gasteiger partial charge in [0.15, 0.2) is 0 Å². The summed E-state index contributed by atoms with van der Waals surface area (Å²) in [5.74, 6) is 0.911. The van der Waals surface area contributed by atoms with Crippen LogP contribution in [0.25, 0.3) is 0 Å². The van der Waals surface area contributed by atoms with Gasteiger partial charge in [0, 0.05) is 26.0 Å². The van der Waals surface area contributed by atoms with Crippen molar-refractivity contribution >= 4 is 39.0 Å². The van der Waals surface area contributed by atoms with Crippen LogP contribution in [0.3, 0.4) is 0 Å². The van der Waals surface area contributed by atoms with Crippen LogP contribution in [-0.2, 0) is 0 Å². The molecule has 1 aromatic heterocycles. The van der Waals surface area contributed by atoms with Gasteiger partial charge in [-0.05, 0) is 42.1 Å². The van der Waals surface area contributed by atoms with Gasteiger partial charge in [0.1, 0.15) is 0 Å². The van der Waals surface area contributed by atoms with Crippen LogP contribution in [0, 0.1) is 6.92 Å². The summed E-state index contributed by atoms with van der Waals surface area (Å²) >= 11 is 7.04. The number of benzene rings is 1. The zero-order valence-electron chi connectivity index (χ0n) is 9.52. The molecule has 1 nitrogen and oxygen atoms in total. The monoisotopic (exact) mass is 327 g/mol. The van der Waals surface area contributed by atoms with Gasteiger partial charge < -0.3 is 5.73 Å². The smallest absolute Gasteiger partial charge is 0.0401 e. The highest BCUT2D eigenvalue weighted by molar-refractivity contribution is 9.10. The lowest BCUT2D eigenvalue weighted by Gasteiger charge is -2.11. The number of halogens is 1. The average molecular weight is 328 g/mol. The minimum Gasteiger partial charge on any atom is -0.323 e. The predicted octanol–water partition coefficient (Wildman–Crippen LogP) is 4.61. The first-order chi connectivity index (χ1) is 8.16. The lowest BCUT2D eigenvalue weighted by molar-refractivity contribution is 0.829. The van der Waals surface area contributed by atoms with E-state index in [9.17, 15) is 0 Å². The van der Waals surface area contributed by atoms with E-state index in [1.165, 1.54) is 15.3 Å². The van der Waals surface area contributed by atoms with Crippen LogP contribution in [0.15, 0.2) is 45.1 Å². The molecule has 90 valence electrons. The van der Waals surface area contributed by atoms with E-state index in [1.54, 1.807) is 23.1 Å².